The molecule has 1 amide bonds. The molecule has 0 fully saturated rings. The molecule has 0 aliphatic rings. The van der Waals surface area contributed by atoms with Gasteiger partial charge in [-0.05, 0) is 43.3 Å². The summed E-state index contributed by atoms with van der Waals surface area (Å²) in [5, 5.41) is 13.8. The minimum Gasteiger partial charge on any atom is -0.355 e. The van der Waals surface area contributed by atoms with Gasteiger partial charge in [-0.2, -0.15) is 5.26 Å². The highest BCUT2D eigenvalue weighted by Gasteiger charge is 2.12. The molecule has 0 heterocycles. The summed E-state index contributed by atoms with van der Waals surface area (Å²) in [6.07, 6.45) is 0.917. The number of halogens is 2. The molecule has 2 rings (SSSR count). The number of rotatable bonds is 5. The lowest BCUT2D eigenvalue weighted by atomic mass is 10.1. The van der Waals surface area contributed by atoms with Crippen molar-refractivity contribution in [3.8, 4) is 6.07 Å². The Balaban J connectivity index is 2.13. The molecule has 2 N–H and O–H groups in total. The highest BCUT2D eigenvalue weighted by atomic mass is 19.1. The second kappa shape index (κ2) is 7.84. The van der Waals surface area contributed by atoms with Crippen LogP contribution in [0.15, 0.2) is 54.2 Å². The zero-order chi connectivity index (χ0) is 18.4. The first-order valence-electron chi connectivity index (χ1n) is 7.15. The summed E-state index contributed by atoms with van der Waals surface area (Å²) in [4.78, 5) is 23.3. The number of carbonyl (C=O) groups excluding carboxylic acids is 2. The normalized spacial score (nSPS) is 10.7. The quantitative estimate of drug-likeness (QED) is 0.494. The standard InChI is InChI=1S/C18H13F2N3O2/c1-11(24)12-5-7-14(8-6-12)23-18(25)13(9-21)10-22-17-15(19)3-2-4-16(17)20/h2-8,10,22H,1H3,(H,23,25)/b13-10-. The Labute approximate surface area is 142 Å². The molecule has 0 unspecified atom stereocenters. The molecule has 5 nitrogen and oxygen atoms in total. The van der Waals surface area contributed by atoms with Gasteiger partial charge in [-0.25, -0.2) is 8.78 Å². The van der Waals surface area contributed by atoms with Crippen molar-refractivity contribution >= 4 is 23.1 Å². The first-order valence-corrected chi connectivity index (χ1v) is 7.15. The molecule has 0 atom stereocenters. The van der Waals surface area contributed by atoms with Crippen LogP contribution in [0, 0.1) is 23.0 Å². The number of para-hydroxylation sites is 1. The summed E-state index contributed by atoms with van der Waals surface area (Å²) < 4.78 is 27.0. The van der Waals surface area contributed by atoms with Gasteiger partial charge in [0.1, 0.15) is 29.0 Å². The number of benzene rings is 2. The Morgan fingerprint density at radius 1 is 1.08 bits per heavy atom. The Kier molecular flexibility index (Phi) is 5.58. The fourth-order valence-corrected chi connectivity index (χ4v) is 1.92. The van der Waals surface area contributed by atoms with Gasteiger partial charge in [-0.3, -0.25) is 9.59 Å². The minimum absolute atomic E-state index is 0.119. The summed E-state index contributed by atoms with van der Waals surface area (Å²) in [7, 11) is 0. The van der Waals surface area contributed by atoms with Gasteiger partial charge in [-0.15, -0.1) is 0 Å². The molecule has 126 valence electrons. The van der Waals surface area contributed by atoms with Crippen LogP contribution in [0.25, 0.3) is 0 Å². The van der Waals surface area contributed by atoms with Crippen molar-refractivity contribution in [2.45, 2.75) is 6.92 Å². The molecular formula is C18H13F2N3O2. The van der Waals surface area contributed by atoms with E-state index in [9.17, 15) is 18.4 Å². The van der Waals surface area contributed by atoms with Gasteiger partial charge >= 0.3 is 0 Å². The van der Waals surface area contributed by atoms with Crippen molar-refractivity contribution in [2.75, 3.05) is 10.6 Å². The molecule has 2 aromatic rings. The number of nitrogens with one attached hydrogen (secondary N) is 2. The predicted molar refractivity (Wildman–Crippen MR) is 88.8 cm³/mol. The van der Waals surface area contributed by atoms with Crippen LogP contribution < -0.4 is 10.6 Å². The second-order valence-corrected chi connectivity index (χ2v) is 5.00. The van der Waals surface area contributed by atoms with Crippen molar-refractivity contribution in [3.63, 3.8) is 0 Å². The zero-order valence-electron chi connectivity index (χ0n) is 13.1. The summed E-state index contributed by atoms with van der Waals surface area (Å²) in [5.74, 6) is -2.59. The van der Waals surface area contributed by atoms with E-state index in [1.807, 2.05) is 0 Å². The van der Waals surface area contributed by atoms with Gasteiger partial charge in [0.05, 0.1) is 0 Å². The molecule has 0 aliphatic carbocycles. The maximum absolute atomic E-state index is 13.5. The van der Waals surface area contributed by atoms with Crippen LogP contribution in [0.2, 0.25) is 0 Å². The van der Waals surface area contributed by atoms with Crippen LogP contribution in [0.3, 0.4) is 0 Å². The molecule has 0 aromatic heterocycles. The average Bonchev–Trinajstić information content (AvgIpc) is 2.58. The number of hydrogen-bond acceptors (Lipinski definition) is 4. The van der Waals surface area contributed by atoms with E-state index < -0.39 is 23.2 Å². The van der Waals surface area contributed by atoms with Crippen molar-refractivity contribution in [2.24, 2.45) is 0 Å². The van der Waals surface area contributed by atoms with Crippen molar-refractivity contribution in [3.05, 3.63) is 71.4 Å². The number of carbonyl (C=O) groups is 2. The number of nitriles is 1. The number of Topliss-reactive ketones (excluding diaryl/α,β-unsaturated/α-hetero) is 1. The highest BCUT2D eigenvalue weighted by molar-refractivity contribution is 6.07. The second-order valence-electron chi connectivity index (χ2n) is 5.00. The monoisotopic (exact) mass is 341 g/mol. The largest absolute Gasteiger partial charge is 0.355 e. The van der Waals surface area contributed by atoms with Crippen LogP contribution in [-0.2, 0) is 4.79 Å². The first kappa shape index (κ1) is 17.8. The maximum Gasteiger partial charge on any atom is 0.267 e. The Bertz CT molecular complexity index is 864. The zero-order valence-corrected chi connectivity index (χ0v) is 13.1. The van der Waals surface area contributed by atoms with Gasteiger partial charge in [0.25, 0.3) is 5.91 Å². The SMILES string of the molecule is CC(=O)c1ccc(NC(=O)/C(C#N)=C\Nc2c(F)cccc2F)cc1. The molecule has 0 radical (unpaired) electrons. The molecule has 0 saturated heterocycles. The van der Waals surface area contributed by atoms with Crippen LogP contribution in [-0.4, -0.2) is 11.7 Å². The van der Waals surface area contributed by atoms with E-state index in [0.717, 1.165) is 18.3 Å². The number of anilines is 2. The Hall–Kier alpha value is -3.53. The van der Waals surface area contributed by atoms with E-state index >= 15 is 0 Å². The summed E-state index contributed by atoms with van der Waals surface area (Å²) >= 11 is 0. The minimum atomic E-state index is -0.853. The molecule has 0 spiro atoms. The van der Waals surface area contributed by atoms with E-state index in [0.29, 0.717) is 11.3 Å². The fourth-order valence-electron chi connectivity index (χ4n) is 1.92. The van der Waals surface area contributed by atoms with E-state index in [4.69, 9.17) is 5.26 Å². The molecular weight excluding hydrogens is 328 g/mol. The van der Waals surface area contributed by atoms with Gasteiger partial charge in [0, 0.05) is 17.5 Å². The number of amides is 1. The lowest BCUT2D eigenvalue weighted by Gasteiger charge is -2.07. The van der Waals surface area contributed by atoms with Crippen molar-refractivity contribution in [1.29, 1.82) is 5.26 Å². The molecule has 2 aromatic carbocycles. The first-order chi connectivity index (χ1) is 11.9. The van der Waals surface area contributed by atoms with Crippen molar-refractivity contribution in [1.82, 2.24) is 0 Å². The average molecular weight is 341 g/mol. The van der Waals surface area contributed by atoms with E-state index in [1.54, 1.807) is 6.07 Å². The lowest BCUT2D eigenvalue weighted by molar-refractivity contribution is -0.112. The van der Waals surface area contributed by atoms with Gasteiger partial charge in [-0.1, -0.05) is 6.07 Å². The highest BCUT2D eigenvalue weighted by Crippen LogP contribution is 2.18. The summed E-state index contributed by atoms with van der Waals surface area (Å²) in [6, 6.07) is 11.0. The fraction of sp³-hybridized carbons (Fsp3) is 0.0556. The third-order valence-corrected chi connectivity index (χ3v) is 3.24. The van der Waals surface area contributed by atoms with Crippen LogP contribution in [0.4, 0.5) is 20.2 Å². The lowest BCUT2D eigenvalue weighted by Crippen LogP contribution is -2.15. The van der Waals surface area contributed by atoms with E-state index in [1.165, 1.54) is 37.3 Å². The Morgan fingerprint density at radius 3 is 2.20 bits per heavy atom. The van der Waals surface area contributed by atoms with Crippen molar-refractivity contribution < 1.29 is 18.4 Å². The predicted octanol–water partition coefficient (Wildman–Crippen LogP) is 3.63. The van der Waals surface area contributed by atoms with Crippen LogP contribution >= 0.6 is 0 Å². The molecule has 7 heteroatoms. The summed E-state index contributed by atoms with van der Waals surface area (Å²) in [5.41, 5.74) is 0.00567. The number of hydrogen-bond donors (Lipinski definition) is 2. The van der Waals surface area contributed by atoms with Gasteiger partial charge < -0.3 is 10.6 Å². The molecule has 0 bridgehead atoms. The topological polar surface area (TPSA) is 82.0 Å². The van der Waals surface area contributed by atoms with Gasteiger partial charge in [0.2, 0.25) is 0 Å². The smallest absolute Gasteiger partial charge is 0.267 e. The van der Waals surface area contributed by atoms with Crippen LogP contribution in [0.1, 0.15) is 17.3 Å². The molecule has 0 saturated carbocycles. The number of ketones is 1. The Morgan fingerprint density at radius 2 is 1.68 bits per heavy atom. The molecule has 0 aliphatic heterocycles. The number of nitrogens with zero attached hydrogens (tertiary/aromatic N) is 1. The molecule has 25 heavy (non-hydrogen) atoms. The third kappa shape index (κ3) is 4.48. The van der Waals surface area contributed by atoms with E-state index in [-0.39, 0.29) is 11.4 Å². The summed E-state index contributed by atoms with van der Waals surface area (Å²) in [6.45, 7) is 1.41. The third-order valence-electron chi connectivity index (χ3n) is 3.24. The maximum atomic E-state index is 13.5. The van der Waals surface area contributed by atoms with E-state index in [2.05, 4.69) is 10.6 Å². The van der Waals surface area contributed by atoms with Crippen LogP contribution in [0.5, 0.6) is 0 Å². The van der Waals surface area contributed by atoms with Gasteiger partial charge in [0.15, 0.2) is 5.78 Å².